The summed E-state index contributed by atoms with van der Waals surface area (Å²) in [5.41, 5.74) is 2.08. The van der Waals surface area contributed by atoms with Crippen molar-refractivity contribution in [2.45, 2.75) is 51.6 Å². The molecule has 0 aliphatic heterocycles. The minimum absolute atomic E-state index is 0. The topological polar surface area (TPSA) is 64.5 Å². The molecule has 2 aromatic rings. The number of hydrogen-bond donors (Lipinski definition) is 4. The number of hydrogen-bond acceptors (Lipinski definition) is 4. The predicted molar refractivity (Wildman–Crippen MR) is 122 cm³/mol. The second-order valence-corrected chi connectivity index (χ2v) is 6.76. The first-order valence-corrected chi connectivity index (χ1v) is 9.70. The van der Waals surface area contributed by atoms with Crippen LogP contribution in [0.1, 0.15) is 62.7 Å². The maximum atomic E-state index is 9.96. The Morgan fingerprint density at radius 2 is 1.11 bits per heavy atom. The zero-order chi connectivity index (χ0) is 18.8. The summed E-state index contributed by atoms with van der Waals surface area (Å²) < 4.78 is 0. The van der Waals surface area contributed by atoms with Crippen LogP contribution in [0.4, 0.5) is 0 Å². The van der Waals surface area contributed by atoms with Gasteiger partial charge in [0.1, 0.15) is 11.5 Å². The van der Waals surface area contributed by atoms with E-state index in [1.165, 1.54) is 0 Å². The Hall–Kier alpha value is -1.46. The van der Waals surface area contributed by atoms with Crippen molar-refractivity contribution in [3.05, 3.63) is 59.7 Å². The molecule has 2 atom stereocenters. The van der Waals surface area contributed by atoms with Crippen LogP contribution in [0, 0.1) is 0 Å². The van der Waals surface area contributed by atoms with Gasteiger partial charge in [-0.3, -0.25) is 0 Å². The van der Waals surface area contributed by atoms with Gasteiger partial charge in [0.05, 0.1) is 12.1 Å². The summed E-state index contributed by atoms with van der Waals surface area (Å²) >= 11 is 0. The molecule has 2 unspecified atom stereocenters. The van der Waals surface area contributed by atoms with Gasteiger partial charge in [-0.1, -0.05) is 51.0 Å². The van der Waals surface area contributed by atoms with E-state index in [1.54, 1.807) is 12.1 Å². The van der Waals surface area contributed by atoms with Crippen molar-refractivity contribution in [1.82, 2.24) is 10.6 Å². The molecule has 0 heterocycles. The van der Waals surface area contributed by atoms with Crippen LogP contribution < -0.4 is 10.6 Å². The zero-order valence-electron chi connectivity index (χ0n) is 16.7. The number of aromatic hydroxyl groups is 2. The number of unbranched alkanes of at least 4 members (excludes halogenated alkanes) is 2. The highest BCUT2D eigenvalue weighted by Crippen LogP contribution is 2.32. The summed E-state index contributed by atoms with van der Waals surface area (Å²) in [5.74, 6) is 0.543. The van der Waals surface area contributed by atoms with E-state index in [-0.39, 0.29) is 48.4 Å². The smallest absolute Gasteiger partial charge is 0.115 e. The van der Waals surface area contributed by atoms with Gasteiger partial charge < -0.3 is 20.8 Å². The molecular weight excluding hydrogens is 395 g/mol. The van der Waals surface area contributed by atoms with E-state index in [1.807, 2.05) is 36.4 Å². The largest absolute Gasteiger partial charge is 0.508 e. The first-order valence-electron chi connectivity index (χ1n) is 9.70. The summed E-state index contributed by atoms with van der Waals surface area (Å²) in [5, 5.41) is 27.2. The molecule has 0 bridgehead atoms. The van der Waals surface area contributed by atoms with Crippen LogP contribution in [0.3, 0.4) is 0 Å². The molecule has 0 fully saturated rings. The molecule has 0 aliphatic rings. The average molecular weight is 429 g/mol. The average Bonchev–Trinajstić information content (AvgIpc) is 2.63. The van der Waals surface area contributed by atoms with Crippen LogP contribution in [0.5, 0.6) is 11.5 Å². The molecule has 0 spiro atoms. The molecule has 2 rings (SSSR count). The Morgan fingerprint density at radius 1 is 0.714 bits per heavy atom. The highest BCUT2D eigenvalue weighted by atomic mass is 35.5. The highest BCUT2D eigenvalue weighted by molar-refractivity contribution is 5.85. The highest BCUT2D eigenvalue weighted by Gasteiger charge is 2.24. The van der Waals surface area contributed by atoms with Gasteiger partial charge >= 0.3 is 0 Å². The van der Waals surface area contributed by atoms with Crippen LogP contribution in [0.2, 0.25) is 0 Å². The SMILES string of the molecule is CCCCNC(c1cccc(O)c1)C(NCCCC)c1cccc(O)c1.Cl.Cl. The van der Waals surface area contributed by atoms with Crippen LogP contribution >= 0.6 is 24.8 Å². The third kappa shape index (κ3) is 8.27. The lowest BCUT2D eigenvalue weighted by molar-refractivity contribution is 0.376. The molecule has 0 aromatic heterocycles. The maximum Gasteiger partial charge on any atom is 0.115 e. The molecule has 6 heteroatoms. The van der Waals surface area contributed by atoms with Crippen molar-refractivity contribution in [2.24, 2.45) is 0 Å². The number of benzene rings is 2. The van der Waals surface area contributed by atoms with Gasteiger partial charge in [0.25, 0.3) is 0 Å². The van der Waals surface area contributed by atoms with Crippen molar-refractivity contribution >= 4 is 24.8 Å². The van der Waals surface area contributed by atoms with E-state index in [0.29, 0.717) is 0 Å². The van der Waals surface area contributed by atoms with Crippen molar-refractivity contribution in [1.29, 1.82) is 0 Å². The molecule has 158 valence electrons. The third-order valence-corrected chi connectivity index (χ3v) is 4.58. The molecule has 0 radical (unpaired) electrons. The fraction of sp³-hybridized carbons (Fsp3) is 0.455. The number of phenolic OH excluding ortho intramolecular Hbond substituents is 2. The normalized spacial score (nSPS) is 12.5. The lowest BCUT2D eigenvalue weighted by atomic mass is 9.92. The molecule has 4 N–H and O–H groups in total. The number of nitrogens with one attached hydrogen (secondary N) is 2. The van der Waals surface area contributed by atoms with Gasteiger partial charge in [0.15, 0.2) is 0 Å². The third-order valence-electron chi connectivity index (χ3n) is 4.58. The predicted octanol–water partition coefficient (Wildman–Crippen LogP) is 5.50. The van der Waals surface area contributed by atoms with Gasteiger partial charge in [0, 0.05) is 0 Å². The summed E-state index contributed by atoms with van der Waals surface area (Å²) in [7, 11) is 0. The molecule has 0 saturated heterocycles. The molecule has 2 aromatic carbocycles. The van der Waals surface area contributed by atoms with Gasteiger partial charge in [-0.15, -0.1) is 24.8 Å². The standard InChI is InChI=1S/C22H32N2O2.2ClH/c1-3-5-13-23-21(17-9-7-11-19(25)15-17)22(24-14-6-4-2)18-10-8-12-20(26)16-18;;/h7-12,15-16,21-26H,3-6,13-14H2,1-2H3;2*1H. The number of rotatable bonds is 11. The van der Waals surface area contributed by atoms with Gasteiger partial charge in [0.2, 0.25) is 0 Å². The maximum absolute atomic E-state index is 9.96. The molecule has 0 saturated carbocycles. The Kier molecular flexibility index (Phi) is 13.8. The first-order chi connectivity index (χ1) is 12.7. The van der Waals surface area contributed by atoms with E-state index >= 15 is 0 Å². The fourth-order valence-electron chi connectivity index (χ4n) is 3.16. The molecule has 28 heavy (non-hydrogen) atoms. The molecular formula is C22H34Cl2N2O2. The molecule has 0 amide bonds. The minimum Gasteiger partial charge on any atom is -0.508 e. The van der Waals surface area contributed by atoms with Gasteiger partial charge in [-0.2, -0.15) is 0 Å². The van der Waals surface area contributed by atoms with Crippen molar-refractivity contribution in [3.63, 3.8) is 0 Å². The van der Waals surface area contributed by atoms with E-state index in [4.69, 9.17) is 0 Å². The zero-order valence-corrected chi connectivity index (χ0v) is 18.4. The fourth-order valence-corrected chi connectivity index (χ4v) is 3.16. The van der Waals surface area contributed by atoms with Crippen LogP contribution in [0.25, 0.3) is 0 Å². The minimum atomic E-state index is 0. The second-order valence-electron chi connectivity index (χ2n) is 6.76. The first kappa shape index (κ1) is 26.5. The Morgan fingerprint density at radius 3 is 1.43 bits per heavy atom. The van der Waals surface area contributed by atoms with Gasteiger partial charge in [-0.05, 0) is 61.3 Å². The van der Waals surface area contributed by atoms with E-state index in [9.17, 15) is 10.2 Å². The molecule has 0 aliphatic carbocycles. The Labute approximate surface area is 181 Å². The lowest BCUT2D eigenvalue weighted by Crippen LogP contribution is -2.36. The monoisotopic (exact) mass is 428 g/mol. The van der Waals surface area contributed by atoms with Crippen LogP contribution in [-0.4, -0.2) is 23.3 Å². The van der Waals surface area contributed by atoms with Gasteiger partial charge in [-0.25, -0.2) is 0 Å². The summed E-state index contributed by atoms with van der Waals surface area (Å²) in [6.07, 6.45) is 4.44. The Bertz CT molecular complexity index is 613. The van der Waals surface area contributed by atoms with E-state index in [0.717, 1.165) is 49.9 Å². The van der Waals surface area contributed by atoms with E-state index in [2.05, 4.69) is 24.5 Å². The summed E-state index contributed by atoms with van der Waals surface area (Å²) in [4.78, 5) is 0. The Balaban J connectivity index is 0.00000364. The van der Waals surface area contributed by atoms with Crippen molar-refractivity contribution in [2.75, 3.05) is 13.1 Å². The summed E-state index contributed by atoms with van der Waals surface area (Å²) in [6, 6.07) is 14.9. The number of halogens is 2. The quantitative estimate of drug-likeness (QED) is 0.356. The summed E-state index contributed by atoms with van der Waals surface area (Å²) in [6.45, 7) is 6.16. The lowest BCUT2D eigenvalue weighted by Gasteiger charge is -2.30. The van der Waals surface area contributed by atoms with Crippen molar-refractivity contribution in [3.8, 4) is 11.5 Å². The van der Waals surface area contributed by atoms with E-state index < -0.39 is 0 Å². The van der Waals surface area contributed by atoms with Crippen LogP contribution in [0.15, 0.2) is 48.5 Å². The van der Waals surface area contributed by atoms with Crippen molar-refractivity contribution < 1.29 is 10.2 Å². The van der Waals surface area contributed by atoms with Crippen LogP contribution in [-0.2, 0) is 0 Å². The second kappa shape index (κ2) is 14.5. The molecule has 4 nitrogen and oxygen atoms in total. The number of phenols is 2.